The first-order valence-corrected chi connectivity index (χ1v) is 6.35. The zero-order valence-electron chi connectivity index (χ0n) is 9.45. The van der Waals surface area contributed by atoms with Crippen molar-refractivity contribution in [1.29, 1.82) is 0 Å². The SMILES string of the molecule is O=C(Nc1ccc(Cl)cc1)c1cc(Cl)cc(Cl)c1O. The third-order valence-electron chi connectivity index (χ3n) is 2.37. The standard InChI is InChI=1S/C13H8Cl3NO2/c14-7-1-3-9(4-2-7)17-13(19)10-5-8(15)6-11(16)12(10)18/h1-6,18H,(H,17,19). The molecule has 0 saturated heterocycles. The lowest BCUT2D eigenvalue weighted by atomic mass is 10.2. The van der Waals surface area contributed by atoms with E-state index in [4.69, 9.17) is 34.8 Å². The van der Waals surface area contributed by atoms with Crippen molar-refractivity contribution in [3.05, 3.63) is 57.0 Å². The molecule has 2 aromatic rings. The van der Waals surface area contributed by atoms with Crippen LogP contribution in [0.3, 0.4) is 0 Å². The third-order valence-corrected chi connectivity index (χ3v) is 3.13. The van der Waals surface area contributed by atoms with Gasteiger partial charge in [0.15, 0.2) is 0 Å². The van der Waals surface area contributed by atoms with E-state index in [1.54, 1.807) is 24.3 Å². The van der Waals surface area contributed by atoms with Crippen molar-refractivity contribution in [3.63, 3.8) is 0 Å². The second kappa shape index (κ2) is 5.70. The van der Waals surface area contributed by atoms with Gasteiger partial charge in [-0.05, 0) is 36.4 Å². The normalized spacial score (nSPS) is 10.3. The summed E-state index contributed by atoms with van der Waals surface area (Å²) in [6, 6.07) is 9.27. The molecule has 0 saturated carbocycles. The van der Waals surface area contributed by atoms with E-state index in [2.05, 4.69) is 5.32 Å². The molecule has 0 aliphatic heterocycles. The van der Waals surface area contributed by atoms with Crippen molar-refractivity contribution in [2.24, 2.45) is 0 Å². The Morgan fingerprint density at radius 2 is 1.63 bits per heavy atom. The summed E-state index contributed by atoms with van der Waals surface area (Å²) in [7, 11) is 0. The average molecular weight is 317 g/mol. The quantitative estimate of drug-likeness (QED) is 0.850. The second-order valence-corrected chi connectivity index (χ2v) is 5.02. The Balaban J connectivity index is 2.27. The van der Waals surface area contributed by atoms with E-state index in [1.165, 1.54) is 12.1 Å². The van der Waals surface area contributed by atoms with E-state index in [0.29, 0.717) is 10.7 Å². The monoisotopic (exact) mass is 315 g/mol. The third kappa shape index (κ3) is 3.32. The summed E-state index contributed by atoms with van der Waals surface area (Å²) in [5, 5.41) is 13.2. The Bertz CT molecular complexity index is 627. The maximum Gasteiger partial charge on any atom is 0.259 e. The molecule has 0 radical (unpaired) electrons. The average Bonchev–Trinajstić information content (AvgIpc) is 2.36. The van der Waals surface area contributed by atoms with E-state index in [9.17, 15) is 9.90 Å². The highest BCUT2D eigenvalue weighted by Crippen LogP contribution is 2.31. The molecule has 1 amide bonds. The zero-order chi connectivity index (χ0) is 14.0. The molecule has 0 bridgehead atoms. The van der Waals surface area contributed by atoms with Gasteiger partial charge in [0.05, 0.1) is 10.6 Å². The van der Waals surface area contributed by atoms with Gasteiger partial charge in [-0.3, -0.25) is 4.79 Å². The molecule has 0 aliphatic rings. The summed E-state index contributed by atoms with van der Waals surface area (Å²) in [6.45, 7) is 0. The molecule has 0 fully saturated rings. The number of carbonyl (C=O) groups is 1. The molecule has 0 heterocycles. The smallest absolute Gasteiger partial charge is 0.259 e. The number of nitrogens with one attached hydrogen (secondary N) is 1. The van der Waals surface area contributed by atoms with Crippen molar-refractivity contribution in [1.82, 2.24) is 0 Å². The lowest BCUT2D eigenvalue weighted by Crippen LogP contribution is -2.12. The summed E-state index contributed by atoms with van der Waals surface area (Å²) in [4.78, 5) is 12.0. The van der Waals surface area contributed by atoms with Gasteiger partial charge in [-0.15, -0.1) is 0 Å². The maximum absolute atomic E-state index is 12.0. The predicted molar refractivity (Wildman–Crippen MR) is 77.5 cm³/mol. The van der Waals surface area contributed by atoms with Gasteiger partial charge in [-0.1, -0.05) is 34.8 Å². The van der Waals surface area contributed by atoms with E-state index in [-0.39, 0.29) is 21.4 Å². The Hall–Kier alpha value is -1.42. The van der Waals surface area contributed by atoms with Crippen LogP contribution in [0.2, 0.25) is 15.1 Å². The molecule has 0 atom stereocenters. The fraction of sp³-hybridized carbons (Fsp3) is 0. The van der Waals surface area contributed by atoms with Crippen LogP contribution in [0.25, 0.3) is 0 Å². The summed E-state index contributed by atoms with van der Waals surface area (Å²) in [5.41, 5.74) is 0.553. The Kier molecular flexibility index (Phi) is 4.20. The van der Waals surface area contributed by atoms with Crippen molar-refractivity contribution in [3.8, 4) is 5.75 Å². The van der Waals surface area contributed by atoms with Crippen molar-refractivity contribution >= 4 is 46.4 Å². The number of hydrogen-bond acceptors (Lipinski definition) is 2. The zero-order valence-corrected chi connectivity index (χ0v) is 11.7. The largest absolute Gasteiger partial charge is 0.506 e. The predicted octanol–water partition coefficient (Wildman–Crippen LogP) is 4.60. The molecule has 0 aliphatic carbocycles. The van der Waals surface area contributed by atoms with Crippen LogP contribution >= 0.6 is 34.8 Å². The first kappa shape index (κ1) is 14.0. The summed E-state index contributed by atoms with van der Waals surface area (Å²) in [6.07, 6.45) is 0. The number of hydrogen-bond donors (Lipinski definition) is 2. The molecule has 2 rings (SSSR count). The maximum atomic E-state index is 12.0. The van der Waals surface area contributed by atoms with Crippen LogP contribution in [-0.4, -0.2) is 11.0 Å². The molecular weight excluding hydrogens is 309 g/mol. The molecule has 0 spiro atoms. The number of benzene rings is 2. The summed E-state index contributed by atoms with van der Waals surface area (Å²) in [5.74, 6) is -0.818. The molecule has 6 heteroatoms. The molecule has 2 N–H and O–H groups in total. The number of anilines is 1. The van der Waals surface area contributed by atoms with E-state index >= 15 is 0 Å². The van der Waals surface area contributed by atoms with Gasteiger partial charge in [0.25, 0.3) is 5.91 Å². The first-order valence-electron chi connectivity index (χ1n) is 5.22. The van der Waals surface area contributed by atoms with Gasteiger partial charge in [0.2, 0.25) is 0 Å². The van der Waals surface area contributed by atoms with Crippen LogP contribution in [0.5, 0.6) is 5.75 Å². The van der Waals surface area contributed by atoms with Gasteiger partial charge in [0.1, 0.15) is 5.75 Å². The van der Waals surface area contributed by atoms with Gasteiger partial charge >= 0.3 is 0 Å². The number of phenols is 1. The Labute approximate surface area is 124 Å². The number of rotatable bonds is 2. The Morgan fingerprint density at radius 1 is 1.00 bits per heavy atom. The fourth-order valence-electron chi connectivity index (χ4n) is 1.47. The van der Waals surface area contributed by atoms with Crippen LogP contribution < -0.4 is 5.32 Å². The van der Waals surface area contributed by atoms with E-state index in [1.807, 2.05) is 0 Å². The molecule has 0 unspecified atom stereocenters. The minimum absolute atomic E-state index is 0.00690. The first-order chi connectivity index (χ1) is 8.97. The lowest BCUT2D eigenvalue weighted by molar-refractivity contribution is 0.102. The number of carbonyl (C=O) groups excluding carboxylic acids is 1. The number of amides is 1. The number of halogens is 3. The minimum Gasteiger partial charge on any atom is -0.506 e. The molecule has 98 valence electrons. The molecule has 3 nitrogen and oxygen atoms in total. The number of aromatic hydroxyl groups is 1. The van der Waals surface area contributed by atoms with Crippen molar-refractivity contribution in [2.45, 2.75) is 0 Å². The van der Waals surface area contributed by atoms with Crippen molar-refractivity contribution < 1.29 is 9.90 Å². The summed E-state index contributed by atoms with van der Waals surface area (Å²) >= 11 is 17.3. The van der Waals surface area contributed by atoms with Gasteiger partial charge < -0.3 is 10.4 Å². The second-order valence-electron chi connectivity index (χ2n) is 3.74. The van der Waals surface area contributed by atoms with Crippen LogP contribution in [0.1, 0.15) is 10.4 Å². The highest BCUT2D eigenvalue weighted by atomic mass is 35.5. The van der Waals surface area contributed by atoms with Gasteiger partial charge in [0, 0.05) is 15.7 Å². The highest BCUT2D eigenvalue weighted by Gasteiger charge is 2.15. The fourth-order valence-corrected chi connectivity index (χ4v) is 2.09. The van der Waals surface area contributed by atoms with E-state index < -0.39 is 5.91 Å². The highest BCUT2D eigenvalue weighted by molar-refractivity contribution is 6.36. The van der Waals surface area contributed by atoms with Crippen LogP contribution in [0.4, 0.5) is 5.69 Å². The Morgan fingerprint density at radius 3 is 2.26 bits per heavy atom. The van der Waals surface area contributed by atoms with Crippen LogP contribution in [0.15, 0.2) is 36.4 Å². The molecule has 0 aromatic heterocycles. The van der Waals surface area contributed by atoms with E-state index in [0.717, 1.165) is 0 Å². The van der Waals surface area contributed by atoms with Crippen LogP contribution in [-0.2, 0) is 0 Å². The summed E-state index contributed by atoms with van der Waals surface area (Å²) < 4.78 is 0. The van der Waals surface area contributed by atoms with Crippen LogP contribution in [0, 0.1) is 0 Å². The minimum atomic E-state index is -0.510. The van der Waals surface area contributed by atoms with Crippen molar-refractivity contribution in [2.75, 3.05) is 5.32 Å². The van der Waals surface area contributed by atoms with Gasteiger partial charge in [-0.25, -0.2) is 0 Å². The molecule has 19 heavy (non-hydrogen) atoms. The molecule has 2 aromatic carbocycles. The number of phenolic OH excluding ortho intramolecular Hbond substituents is 1. The molecular formula is C13H8Cl3NO2. The lowest BCUT2D eigenvalue weighted by Gasteiger charge is -2.08. The van der Waals surface area contributed by atoms with Gasteiger partial charge in [-0.2, -0.15) is 0 Å². The topological polar surface area (TPSA) is 49.3 Å².